The van der Waals surface area contributed by atoms with Crippen molar-refractivity contribution in [1.82, 2.24) is 0 Å². The smallest absolute Gasteiger partial charge is 0.125 e. The topological polar surface area (TPSA) is 67.2 Å². The second-order valence-corrected chi connectivity index (χ2v) is 12.6. The summed E-state index contributed by atoms with van der Waals surface area (Å²) in [6.07, 6.45) is 10.3. The van der Waals surface area contributed by atoms with Crippen LogP contribution in [-0.2, 0) is 32.3 Å². The van der Waals surface area contributed by atoms with Crippen molar-refractivity contribution >= 4 is 23.0 Å². The Hall–Kier alpha value is -2.89. The molecule has 4 heterocycles. The molecule has 0 spiro atoms. The van der Waals surface area contributed by atoms with Crippen LogP contribution in [0.5, 0.6) is 11.5 Å². The van der Waals surface area contributed by atoms with E-state index in [2.05, 4.69) is 21.9 Å². The predicted molar refractivity (Wildman–Crippen MR) is 161 cm³/mol. The van der Waals surface area contributed by atoms with Crippen LogP contribution in [-0.4, -0.2) is 41.5 Å². The van der Waals surface area contributed by atoms with E-state index < -0.39 is 5.92 Å². The summed E-state index contributed by atoms with van der Waals surface area (Å²) >= 11 is 6.60. The van der Waals surface area contributed by atoms with E-state index in [1.807, 2.05) is 18.2 Å². The zero-order valence-electron chi connectivity index (χ0n) is 23.2. The van der Waals surface area contributed by atoms with Gasteiger partial charge in [0.1, 0.15) is 11.5 Å². The first-order valence-corrected chi connectivity index (χ1v) is 15.6. The zero-order chi connectivity index (χ0) is 27.4. The van der Waals surface area contributed by atoms with Crippen LogP contribution in [0.25, 0.3) is 0 Å². The van der Waals surface area contributed by atoms with Crippen molar-refractivity contribution < 1.29 is 15.3 Å². The second-order valence-electron chi connectivity index (χ2n) is 12.1. The van der Waals surface area contributed by atoms with E-state index in [0.29, 0.717) is 16.5 Å². The molecule has 7 rings (SSSR count). The molecule has 0 saturated carbocycles. The highest BCUT2D eigenvalue weighted by molar-refractivity contribution is 6.30. The van der Waals surface area contributed by atoms with Crippen LogP contribution in [0.3, 0.4) is 0 Å². The Labute approximate surface area is 242 Å². The van der Waals surface area contributed by atoms with Gasteiger partial charge in [0.05, 0.1) is 6.61 Å². The minimum absolute atomic E-state index is 0.137. The van der Waals surface area contributed by atoms with Crippen molar-refractivity contribution in [2.24, 2.45) is 0 Å². The van der Waals surface area contributed by atoms with Gasteiger partial charge >= 0.3 is 0 Å². The molecule has 4 aliphatic rings. The maximum atomic E-state index is 12.1. The van der Waals surface area contributed by atoms with Crippen LogP contribution in [0.4, 0.5) is 11.4 Å². The van der Waals surface area contributed by atoms with Crippen molar-refractivity contribution in [3.63, 3.8) is 0 Å². The highest BCUT2D eigenvalue weighted by Gasteiger charge is 2.35. The summed E-state index contributed by atoms with van der Waals surface area (Å²) in [7, 11) is 0. The molecular weight excluding hydrogens is 520 g/mol. The summed E-state index contributed by atoms with van der Waals surface area (Å²) in [5.41, 5.74) is 10.4. The molecule has 210 valence electrons. The van der Waals surface area contributed by atoms with Crippen LogP contribution in [0.1, 0.15) is 89.0 Å². The molecule has 0 amide bonds. The molecule has 5 nitrogen and oxygen atoms in total. The van der Waals surface area contributed by atoms with E-state index in [1.54, 1.807) is 0 Å². The van der Waals surface area contributed by atoms with Gasteiger partial charge in [0.15, 0.2) is 0 Å². The lowest BCUT2D eigenvalue weighted by Gasteiger charge is -2.36. The van der Waals surface area contributed by atoms with Gasteiger partial charge in [-0.3, -0.25) is 0 Å². The number of anilines is 2. The fourth-order valence-electron chi connectivity index (χ4n) is 7.97. The molecule has 40 heavy (non-hydrogen) atoms. The summed E-state index contributed by atoms with van der Waals surface area (Å²) < 4.78 is 0. The molecule has 3 aromatic rings. The first-order valence-electron chi connectivity index (χ1n) is 15.2. The van der Waals surface area contributed by atoms with Crippen molar-refractivity contribution in [2.75, 3.05) is 36.0 Å². The minimum atomic E-state index is -0.443. The molecule has 4 aliphatic heterocycles. The van der Waals surface area contributed by atoms with Gasteiger partial charge < -0.3 is 25.1 Å². The lowest BCUT2D eigenvalue weighted by atomic mass is 9.77. The van der Waals surface area contributed by atoms with Gasteiger partial charge in [-0.2, -0.15) is 0 Å². The Balaban J connectivity index is 1.52. The predicted octanol–water partition coefficient (Wildman–Crippen LogP) is 6.60. The average Bonchev–Trinajstić information content (AvgIpc) is 3.31. The quantitative estimate of drug-likeness (QED) is 0.315. The second kappa shape index (κ2) is 10.5. The third-order valence-corrected chi connectivity index (χ3v) is 9.99. The molecule has 0 aromatic heterocycles. The van der Waals surface area contributed by atoms with Crippen LogP contribution in [0.15, 0.2) is 30.3 Å². The number of hydrogen-bond acceptors (Lipinski definition) is 5. The van der Waals surface area contributed by atoms with Crippen molar-refractivity contribution in [1.29, 1.82) is 0 Å². The molecule has 0 unspecified atom stereocenters. The Morgan fingerprint density at radius 3 is 1.70 bits per heavy atom. The van der Waals surface area contributed by atoms with Crippen molar-refractivity contribution in [2.45, 2.75) is 76.7 Å². The zero-order valence-corrected chi connectivity index (χ0v) is 23.9. The van der Waals surface area contributed by atoms with Gasteiger partial charge in [0.25, 0.3) is 0 Å². The van der Waals surface area contributed by atoms with Crippen molar-refractivity contribution in [3.05, 3.63) is 79.9 Å². The third-order valence-electron chi connectivity index (χ3n) is 9.76. The van der Waals surface area contributed by atoms with Crippen LogP contribution in [0, 0.1) is 0 Å². The SMILES string of the molecule is OCc1ccc(Cl)cc1C(c1cc2c3c(c1O)CCCN3CCCC2)c1cc2c3c(c1O)CCCN3CCCC2. The summed E-state index contributed by atoms with van der Waals surface area (Å²) in [6, 6.07) is 10.0. The molecule has 0 radical (unpaired) electrons. The molecule has 6 heteroatoms. The van der Waals surface area contributed by atoms with E-state index >= 15 is 0 Å². The third kappa shape index (κ3) is 4.24. The first-order chi connectivity index (χ1) is 19.5. The number of aromatic hydroxyl groups is 2. The van der Waals surface area contributed by atoms with Gasteiger partial charge in [0, 0.05) is 70.7 Å². The number of aliphatic hydroxyl groups excluding tert-OH is 1. The summed E-state index contributed by atoms with van der Waals surface area (Å²) in [5, 5.41) is 35.2. The number of aliphatic hydroxyl groups is 1. The fraction of sp³-hybridized carbons (Fsp3) is 0.471. The van der Waals surface area contributed by atoms with E-state index in [0.717, 1.165) is 124 Å². The van der Waals surface area contributed by atoms with Gasteiger partial charge in [0.2, 0.25) is 0 Å². The van der Waals surface area contributed by atoms with Crippen LogP contribution >= 0.6 is 11.6 Å². The Morgan fingerprint density at radius 2 is 1.18 bits per heavy atom. The summed E-state index contributed by atoms with van der Waals surface area (Å²) in [5.74, 6) is 0.230. The molecule has 3 N–H and O–H groups in total. The number of aryl methyl sites for hydroxylation is 2. The first kappa shape index (κ1) is 26.0. The largest absolute Gasteiger partial charge is 0.507 e. The number of phenolic OH excluding ortho intramolecular Hbond substituents is 2. The number of benzene rings is 3. The molecule has 0 bridgehead atoms. The lowest BCUT2D eigenvalue weighted by molar-refractivity contribution is 0.280. The highest BCUT2D eigenvalue weighted by Crippen LogP contribution is 2.51. The number of hydrogen-bond donors (Lipinski definition) is 3. The number of phenols is 2. The van der Waals surface area contributed by atoms with E-state index in [-0.39, 0.29) is 6.61 Å². The van der Waals surface area contributed by atoms with E-state index in [9.17, 15) is 15.3 Å². The van der Waals surface area contributed by atoms with E-state index in [4.69, 9.17) is 11.6 Å². The fourth-order valence-corrected chi connectivity index (χ4v) is 8.15. The molecule has 3 aromatic carbocycles. The van der Waals surface area contributed by atoms with Crippen LogP contribution < -0.4 is 9.80 Å². The Kier molecular flexibility index (Phi) is 6.83. The van der Waals surface area contributed by atoms with E-state index in [1.165, 1.54) is 22.5 Å². The maximum Gasteiger partial charge on any atom is 0.125 e. The van der Waals surface area contributed by atoms with Gasteiger partial charge in [-0.25, -0.2) is 0 Å². The van der Waals surface area contributed by atoms with Crippen LogP contribution in [0.2, 0.25) is 5.02 Å². The number of halogens is 1. The maximum absolute atomic E-state index is 12.1. The van der Waals surface area contributed by atoms with Gasteiger partial charge in [-0.1, -0.05) is 17.7 Å². The molecule has 0 atom stereocenters. The molecule has 0 aliphatic carbocycles. The molecule has 0 saturated heterocycles. The average molecular weight is 559 g/mol. The Morgan fingerprint density at radius 1 is 0.650 bits per heavy atom. The normalized spacial score (nSPS) is 18.3. The standard InChI is InChI=1S/C34H39ClN2O3/c35-24-12-11-23(20-38)27(19-24)30(28-17-21-7-1-3-13-36-15-5-9-25(31(21)36)33(28)39)29-18-22-8-2-4-14-37-16-6-10-26(32(22)37)34(29)40/h11-12,17-19,30,38-40H,1-10,13-16,20H2. The monoisotopic (exact) mass is 558 g/mol. The summed E-state index contributed by atoms with van der Waals surface area (Å²) in [4.78, 5) is 4.94. The number of rotatable bonds is 4. The lowest BCUT2D eigenvalue weighted by Crippen LogP contribution is -2.31. The van der Waals surface area contributed by atoms with Gasteiger partial charge in [-0.05, 0) is 111 Å². The highest BCUT2D eigenvalue weighted by atomic mass is 35.5. The molecule has 0 fully saturated rings. The van der Waals surface area contributed by atoms with Crippen molar-refractivity contribution in [3.8, 4) is 11.5 Å². The number of nitrogens with zero attached hydrogens (tertiary/aromatic N) is 2. The Bertz CT molecular complexity index is 1390. The summed E-state index contributed by atoms with van der Waals surface area (Å²) in [6.45, 7) is 4.02. The molecular formula is C34H39ClN2O3. The van der Waals surface area contributed by atoms with Gasteiger partial charge in [-0.15, -0.1) is 0 Å². The minimum Gasteiger partial charge on any atom is -0.507 e.